The Kier molecular flexibility index (Phi) is 16.7. The van der Waals surface area contributed by atoms with E-state index in [0.29, 0.717) is 19.6 Å². The van der Waals surface area contributed by atoms with Crippen LogP contribution in [0.15, 0.2) is 5.10 Å². The molecule has 0 aliphatic heterocycles. The Morgan fingerprint density at radius 1 is 0.865 bits per heavy atom. The average Bonchev–Trinajstić information content (AvgIpc) is 2.76. The molecule has 0 aliphatic rings. The van der Waals surface area contributed by atoms with E-state index in [-0.39, 0.29) is 28.2 Å². The van der Waals surface area contributed by atoms with Gasteiger partial charge in [-0.2, -0.15) is 5.10 Å². The number of hydrogen-bond acceptors (Lipinski definition) is 7. The third-order valence-corrected chi connectivity index (χ3v) is 8.42. The highest BCUT2D eigenvalue weighted by Crippen LogP contribution is 2.27. The molecule has 0 aromatic heterocycles. The Bertz CT molecular complexity index is 711. The van der Waals surface area contributed by atoms with Gasteiger partial charge in [-0.3, -0.25) is 9.59 Å². The molecule has 7 nitrogen and oxygen atoms in total. The molecule has 0 fully saturated rings. The predicted molar refractivity (Wildman–Crippen MR) is 163 cm³/mol. The van der Waals surface area contributed by atoms with E-state index in [1.807, 2.05) is 20.8 Å². The Morgan fingerprint density at radius 3 is 2.08 bits per heavy atom. The first-order valence-electron chi connectivity index (χ1n) is 13.5. The number of hydrazone groups is 1. The van der Waals surface area contributed by atoms with Gasteiger partial charge in [0.2, 0.25) is 11.8 Å². The summed E-state index contributed by atoms with van der Waals surface area (Å²) in [6, 6.07) is 0. The molecule has 0 radical (unpaired) electrons. The summed E-state index contributed by atoms with van der Waals surface area (Å²) in [6.07, 6.45) is 3.03. The third kappa shape index (κ3) is 19.9. The maximum Gasteiger partial charge on any atom is 0.245 e. The van der Waals surface area contributed by atoms with Crippen LogP contribution in [0.2, 0.25) is 0 Å². The molecule has 37 heavy (non-hydrogen) atoms. The smallest absolute Gasteiger partial charge is 0.245 e. The van der Waals surface area contributed by atoms with Crippen LogP contribution in [-0.2, 0) is 14.3 Å². The summed E-state index contributed by atoms with van der Waals surface area (Å²) in [5, 5.41) is 10.9. The number of ether oxygens (including phenoxy) is 1. The van der Waals surface area contributed by atoms with E-state index in [9.17, 15) is 9.59 Å². The van der Waals surface area contributed by atoms with Gasteiger partial charge in [0.1, 0.15) is 0 Å². The van der Waals surface area contributed by atoms with E-state index in [2.05, 4.69) is 76.6 Å². The fourth-order valence-electron chi connectivity index (χ4n) is 2.83. The average molecular weight is 561 g/mol. The number of carbonyl (C=O) groups is 2. The SMILES string of the molecule is C/C(=N\NC(=O)C(C)(C)CCC(C)(C)NCCSSCCC(=O)NCCCOCC(C)(C)C)C(C)(C)C. The number of hydrogen-bond donors (Lipinski definition) is 3. The van der Waals surface area contributed by atoms with Crippen molar-refractivity contribution in [2.24, 2.45) is 21.3 Å². The first-order valence-corrected chi connectivity index (χ1v) is 16.0. The lowest BCUT2D eigenvalue weighted by Crippen LogP contribution is -2.43. The van der Waals surface area contributed by atoms with Crippen LogP contribution in [0.1, 0.15) is 102 Å². The first-order chi connectivity index (χ1) is 16.9. The molecule has 0 rings (SSSR count). The molecule has 2 amide bonds. The quantitative estimate of drug-likeness (QED) is 0.0819. The van der Waals surface area contributed by atoms with E-state index in [1.54, 1.807) is 21.6 Å². The molecule has 0 heterocycles. The van der Waals surface area contributed by atoms with Crippen molar-refractivity contribution >= 4 is 39.1 Å². The topological polar surface area (TPSA) is 91.8 Å². The minimum Gasteiger partial charge on any atom is -0.381 e. The first kappa shape index (κ1) is 36.2. The van der Waals surface area contributed by atoms with Crippen LogP contribution in [-0.4, -0.2) is 60.9 Å². The molecular weight excluding hydrogens is 504 g/mol. The molecule has 0 unspecified atom stereocenters. The predicted octanol–water partition coefficient (Wildman–Crippen LogP) is 6.04. The van der Waals surface area contributed by atoms with Crippen LogP contribution in [0.25, 0.3) is 0 Å². The normalized spacial score (nSPS) is 13.5. The molecule has 0 atom stereocenters. The molecule has 9 heteroatoms. The van der Waals surface area contributed by atoms with Crippen molar-refractivity contribution < 1.29 is 14.3 Å². The second-order valence-corrected chi connectivity index (χ2v) is 16.0. The molecule has 0 aromatic rings. The highest BCUT2D eigenvalue weighted by Gasteiger charge is 2.30. The second-order valence-electron chi connectivity index (χ2n) is 13.3. The van der Waals surface area contributed by atoms with Crippen molar-refractivity contribution in [3.05, 3.63) is 0 Å². The van der Waals surface area contributed by atoms with Crippen molar-refractivity contribution in [2.45, 2.75) is 107 Å². The van der Waals surface area contributed by atoms with Gasteiger partial charge in [-0.15, -0.1) is 0 Å². The molecule has 0 bridgehead atoms. The summed E-state index contributed by atoms with van der Waals surface area (Å²) in [4.78, 5) is 24.6. The van der Waals surface area contributed by atoms with E-state index in [1.165, 1.54) is 0 Å². The second kappa shape index (κ2) is 17.0. The van der Waals surface area contributed by atoms with Gasteiger partial charge in [-0.25, -0.2) is 5.43 Å². The fraction of sp³-hybridized carbons (Fsp3) is 0.893. The van der Waals surface area contributed by atoms with Crippen LogP contribution in [0.5, 0.6) is 0 Å². The molecule has 3 N–H and O–H groups in total. The minimum absolute atomic E-state index is 0.0447. The van der Waals surface area contributed by atoms with Gasteiger partial charge < -0.3 is 15.4 Å². The van der Waals surface area contributed by atoms with Gasteiger partial charge in [0.25, 0.3) is 0 Å². The van der Waals surface area contributed by atoms with Crippen molar-refractivity contribution in [2.75, 3.05) is 37.8 Å². The zero-order chi connectivity index (χ0) is 28.8. The Labute approximate surface area is 235 Å². The summed E-state index contributed by atoms with van der Waals surface area (Å²) in [5.41, 5.74) is 3.22. The zero-order valence-electron chi connectivity index (χ0n) is 25.6. The highest BCUT2D eigenvalue weighted by atomic mass is 33.1. The molecule has 0 saturated heterocycles. The fourth-order valence-corrected chi connectivity index (χ4v) is 4.73. The number of carbonyl (C=O) groups excluding carboxylic acids is 2. The van der Waals surface area contributed by atoms with Crippen molar-refractivity contribution in [1.29, 1.82) is 0 Å². The lowest BCUT2D eigenvalue weighted by molar-refractivity contribution is -0.129. The Balaban J connectivity index is 3.99. The van der Waals surface area contributed by atoms with Crippen LogP contribution in [0, 0.1) is 16.2 Å². The molecule has 0 saturated carbocycles. The van der Waals surface area contributed by atoms with Crippen LogP contribution in [0.3, 0.4) is 0 Å². The van der Waals surface area contributed by atoms with Gasteiger partial charge in [0.15, 0.2) is 0 Å². The lowest BCUT2D eigenvalue weighted by Gasteiger charge is -2.31. The van der Waals surface area contributed by atoms with Crippen molar-refractivity contribution in [3.8, 4) is 0 Å². The van der Waals surface area contributed by atoms with Crippen LogP contribution >= 0.6 is 21.6 Å². The maximum absolute atomic E-state index is 12.7. The summed E-state index contributed by atoms with van der Waals surface area (Å²) in [5.74, 6) is 1.83. The van der Waals surface area contributed by atoms with Gasteiger partial charge in [-0.1, -0.05) is 77.0 Å². The number of amides is 2. The molecule has 0 aromatic carbocycles. The molecule has 0 spiro atoms. The summed E-state index contributed by atoms with van der Waals surface area (Å²) in [7, 11) is 3.53. The van der Waals surface area contributed by atoms with E-state index >= 15 is 0 Å². The largest absolute Gasteiger partial charge is 0.381 e. The van der Waals surface area contributed by atoms with Crippen molar-refractivity contribution in [3.63, 3.8) is 0 Å². The van der Waals surface area contributed by atoms with E-state index in [0.717, 1.165) is 49.6 Å². The number of nitrogens with one attached hydrogen (secondary N) is 3. The molecule has 0 aliphatic carbocycles. The van der Waals surface area contributed by atoms with Gasteiger partial charge in [0.05, 0.1) is 6.61 Å². The van der Waals surface area contributed by atoms with Crippen LogP contribution in [0.4, 0.5) is 0 Å². The lowest BCUT2D eigenvalue weighted by atomic mass is 9.82. The molecule has 218 valence electrons. The minimum atomic E-state index is -0.495. The molecular formula is C28H56N4O3S2. The maximum atomic E-state index is 12.7. The van der Waals surface area contributed by atoms with Gasteiger partial charge in [-0.05, 0) is 45.4 Å². The Morgan fingerprint density at radius 2 is 1.49 bits per heavy atom. The summed E-state index contributed by atoms with van der Waals surface area (Å²) in [6.45, 7) is 25.9. The summed E-state index contributed by atoms with van der Waals surface area (Å²) < 4.78 is 5.62. The highest BCUT2D eigenvalue weighted by molar-refractivity contribution is 8.76. The van der Waals surface area contributed by atoms with E-state index < -0.39 is 5.41 Å². The van der Waals surface area contributed by atoms with Gasteiger partial charge >= 0.3 is 0 Å². The standard InChI is InChI=1S/C28H56N4O3S2/c1-22(26(5,6)7)31-32-24(34)27(8,9)14-15-28(10,11)30-17-20-37-36-19-13-23(33)29-16-12-18-35-21-25(2,3)4/h30H,12-21H2,1-11H3,(H,29,33)(H,32,34)/b31-22+. The zero-order valence-corrected chi connectivity index (χ0v) is 27.2. The number of nitrogens with zero attached hydrogens (tertiary/aromatic N) is 1. The number of rotatable bonds is 18. The van der Waals surface area contributed by atoms with E-state index in [4.69, 9.17) is 4.74 Å². The van der Waals surface area contributed by atoms with Gasteiger partial charge in [0, 0.05) is 59.7 Å². The summed E-state index contributed by atoms with van der Waals surface area (Å²) >= 11 is 0. The van der Waals surface area contributed by atoms with Crippen molar-refractivity contribution in [1.82, 2.24) is 16.1 Å². The third-order valence-electron chi connectivity index (χ3n) is 6.01. The van der Waals surface area contributed by atoms with Crippen LogP contribution < -0.4 is 16.1 Å². The monoisotopic (exact) mass is 560 g/mol. The Hall–Kier alpha value is -0.770.